The Morgan fingerprint density at radius 3 is 2.45 bits per heavy atom. The third-order valence-corrected chi connectivity index (χ3v) is 1.20. The zero-order valence-electron chi connectivity index (χ0n) is 7.01. The van der Waals surface area contributed by atoms with E-state index in [1.807, 2.05) is 0 Å². The van der Waals surface area contributed by atoms with Crippen LogP contribution in [-0.2, 0) is 14.3 Å². The predicted octanol–water partition coefficient (Wildman–Crippen LogP) is -0.274. The minimum atomic E-state index is -0.400. The van der Waals surface area contributed by atoms with Crippen molar-refractivity contribution in [2.75, 3.05) is 13.7 Å². The van der Waals surface area contributed by atoms with Crippen molar-refractivity contribution < 1.29 is 14.3 Å². The number of carbonyl (C=O) groups is 2. The molecule has 0 bridgehead atoms. The number of Topliss-reactive ketones (excluding diaryl/α,β-unsaturated/α-hetero) is 1. The minimum Gasteiger partial charge on any atom is -0.457 e. The zero-order valence-corrected chi connectivity index (χ0v) is 7.01. The second-order valence-electron chi connectivity index (χ2n) is 2.32. The van der Waals surface area contributed by atoms with Gasteiger partial charge in [-0.15, -0.1) is 0 Å². The summed E-state index contributed by atoms with van der Waals surface area (Å²) in [6, 6.07) is -0.352. The molecule has 11 heavy (non-hydrogen) atoms. The maximum absolute atomic E-state index is 10.8. The molecule has 0 aromatic rings. The fourth-order valence-corrected chi connectivity index (χ4v) is 0.416. The number of esters is 1. The number of rotatable bonds is 4. The van der Waals surface area contributed by atoms with Crippen LogP contribution in [0.2, 0.25) is 0 Å². The first-order valence-corrected chi connectivity index (χ1v) is 3.41. The number of ether oxygens (including phenoxy) is 1. The van der Waals surface area contributed by atoms with Gasteiger partial charge in [0.05, 0.1) is 0 Å². The van der Waals surface area contributed by atoms with Gasteiger partial charge in [-0.3, -0.25) is 9.59 Å². The largest absolute Gasteiger partial charge is 0.457 e. The zero-order chi connectivity index (χ0) is 8.85. The summed E-state index contributed by atoms with van der Waals surface area (Å²) in [6.45, 7) is 2.91. The average molecular weight is 159 g/mol. The Bertz CT molecular complexity index is 156. The highest BCUT2D eigenvalue weighted by Crippen LogP contribution is 1.86. The minimum absolute atomic E-state index is 0.134. The van der Waals surface area contributed by atoms with Gasteiger partial charge in [0.25, 0.3) is 0 Å². The van der Waals surface area contributed by atoms with Crippen molar-refractivity contribution in [3.63, 3.8) is 0 Å². The molecule has 0 fully saturated rings. The van der Waals surface area contributed by atoms with Crippen LogP contribution < -0.4 is 5.32 Å². The van der Waals surface area contributed by atoms with E-state index in [-0.39, 0.29) is 18.4 Å². The second-order valence-corrected chi connectivity index (χ2v) is 2.32. The summed E-state index contributed by atoms with van der Waals surface area (Å²) < 4.78 is 4.61. The molecule has 0 aliphatic carbocycles. The van der Waals surface area contributed by atoms with Crippen LogP contribution in [0.3, 0.4) is 0 Å². The van der Waals surface area contributed by atoms with Crippen LogP contribution in [0.4, 0.5) is 0 Å². The Morgan fingerprint density at radius 1 is 1.55 bits per heavy atom. The molecule has 0 aromatic heterocycles. The van der Waals surface area contributed by atoms with Crippen molar-refractivity contribution in [2.24, 2.45) is 0 Å². The lowest BCUT2D eigenvalue weighted by molar-refractivity contribution is -0.149. The van der Waals surface area contributed by atoms with E-state index >= 15 is 0 Å². The summed E-state index contributed by atoms with van der Waals surface area (Å²) in [6.07, 6.45) is 0. The van der Waals surface area contributed by atoms with Crippen molar-refractivity contribution >= 4 is 11.8 Å². The monoisotopic (exact) mass is 159 g/mol. The summed E-state index contributed by atoms with van der Waals surface area (Å²) in [5.74, 6) is -0.552. The molecular weight excluding hydrogens is 146 g/mol. The molecule has 4 nitrogen and oxygen atoms in total. The Balaban J connectivity index is 3.60. The van der Waals surface area contributed by atoms with E-state index in [2.05, 4.69) is 10.1 Å². The molecule has 0 rings (SSSR count). The summed E-state index contributed by atoms with van der Waals surface area (Å²) in [5, 5.41) is 2.70. The van der Waals surface area contributed by atoms with Gasteiger partial charge in [0, 0.05) is 0 Å². The Labute approximate surface area is 65.9 Å². The number of likely N-dealkylation sites (N-methyl/N-ethyl adjacent to an activating group) is 1. The molecule has 0 unspecified atom stereocenters. The van der Waals surface area contributed by atoms with Crippen molar-refractivity contribution in [3.8, 4) is 0 Å². The average Bonchev–Trinajstić information content (AvgIpc) is 1.98. The van der Waals surface area contributed by atoms with Gasteiger partial charge in [-0.25, -0.2) is 0 Å². The fourth-order valence-electron chi connectivity index (χ4n) is 0.416. The van der Waals surface area contributed by atoms with Crippen molar-refractivity contribution in [1.82, 2.24) is 5.32 Å². The van der Waals surface area contributed by atoms with Gasteiger partial charge in [-0.1, -0.05) is 0 Å². The number of nitrogens with one attached hydrogen (secondary N) is 1. The molecule has 0 saturated carbocycles. The van der Waals surface area contributed by atoms with Gasteiger partial charge in [0.15, 0.2) is 5.78 Å². The van der Waals surface area contributed by atoms with Gasteiger partial charge in [-0.05, 0) is 20.9 Å². The third kappa shape index (κ3) is 4.50. The lowest BCUT2D eigenvalue weighted by Gasteiger charge is -2.08. The van der Waals surface area contributed by atoms with E-state index in [1.54, 1.807) is 14.0 Å². The molecule has 1 N–H and O–H groups in total. The Morgan fingerprint density at radius 2 is 2.09 bits per heavy atom. The van der Waals surface area contributed by atoms with Gasteiger partial charge >= 0.3 is 5.97 Å². The smallest absolute Gasteiger partial charge is 0.323 e. The van der Waals surface area contributed by atoms with Crippen LogP contribution in [0.25, 0.3) is 0 Å². The summed E-state index contributed by atoms with van der Waals surface area (Å²) in [4.78, 5) is 21.2. The maximum atomic E-state index is 10.8. The standard InChI is InChI=1S/C7H13NO3/c1-5(9)4-11-7(10)6(2)8-3/h6,8H,4H2,1-3H3/t6-/m0/s1. The van der Waals surface area contributed by atoms with Crippen LogP contribution >= 0.6 is 0 Å². The fraction of sp³-hybridized carbons (Fsp3) is 0.714. The predicted molar refractivity (Wildman–Crippen MR) is 40.2 cm³/mol. The number of hydrogen-bond acceptors (Lipinski definition) is 4. The molecule has 1 atom stereocenters. The summed E-state index contributed by atoms with van der Waals surface area (Å²) in [7, 11) is 1.65. The lowest BCUT2D eigenvalue weighted by Crippen LogP contribution is -2.33. The van der Waals surface area contributed by atoms with Gasteiger partial charge in [0.2, 0.25) is 0 Å². The summed E-state index contributed by atoms with van der Waals surface area (Å²) >= 11 is 0. The topological polar surface area (TPSA) is 55.4 Å². The molecular formula is C7H13NO3. The van der Waals surface area contributed by atoms with Crippen LogP contribution in [0, 0.1) is 0 Å². The van der Waals surface area contributed by atoms with Gasteiger partial charge in [0.1, 0.15) is 12.6 Å². The molecule has 64 valence electrons. The van der Waals surface area contributed by atoms with E-state index < -0.39 is 5.97 Å². The first-order valence-electron chi connectivity index (χ1n) is 3.41. The SMILES string of the molecule is CN[C@@H](C)C(=O)OCC(C)=O. The normalized spacial score (nSPS) is 12.3. The second kappa shape index (κ2) is 4.85. The molecule has 0 heterocycles. The summed E-state index contributed by atoms with van der Waals surface area (Å²) in [5.41, 5.74) is 0. The van der Waals surface area contributed by atoms with Gasteiger partial charge < -0.3 is 10.1 Å². The van der Waals surface area contributed by atoms with Crippen LogP contribution in [0.5, 0.6) is 0 Å². The molecule has 0 spiro atoms. The van der Waals surface area contributed by atoms with E-state index in [0.717, 1.165) is 0 Å². The first kappa shape index (κ1) is 10.1. The maximum Gasteiger partial charge on any atom is 0.323 e. The molecule has 0 aromatic carbocycles. The molecule has 0 radical (unpaired) electrons. The highest BCUT2D eigenvalue weighted by atomic mass is 16.5. The van der Waals surface area contributed by atoms with Gasteiger partial charge in [-0.2, -0.15) is 0 Å². The Hall–Kier alpha value is -0.900. The van der Waals surface area contributed by atoms with Crippen molar-refractivity contribution in [2.45, 2.75) is 19.9 Å². The number of carbonyl (C=O) groups excluding carboxylic acids is 2. The molecule has 0 saturated heterocycles. The molecule has 4 heteroatoms. The highest BCUT2D eigenvalue weighted by Gasteiger charge is 2.11. The first-order chi connectivity index (χ1) is 5.07. The molecule has 0 aliphatic heterocycles. The van der Waals surface area contributed by atoms with E-state index in [9.17, 15) is 9.59 Å². The van der Waals surface area contributed by atoms with Crippen LogP contribution in [-0.4, -0.2) is 31.4 Å². The molecule has 0 amide bonds. The van der Waals surface area contributed by atoms with Crippen molar-refractivity contribution in [1.29, 1.82) is 0 Å². The van der Waals surface area contributed by atoms with E-state index in [1.165, 1.54) is 6.92 Å². The number of ketones is 1. The molecule has 0 aliphatic rings. The number of hydrogen-bond donors (Lipinski definition) is 1. The third-order valence-electron chi connectivity index (χ3n) is 1.20. The van der Waals surface area contributed by atoms with Crippen LogP contribution in [0.1, 0.15) is 13.8 Å². The quantitative estimate of drug-likeness (QED) is 0.573. The van der Waals surface area contributed by atoms with E-state index in [4.69, 9.17) is 0 Å². The Kier molecular flexibility index (Phi) is 4.45. The van der Waals surface area contributed by atoms with E-state index in [0.29, 0.717) is 0 Å². The van der Waals surface area contributed by atoms with Crippen LogP contribution in [0.15, 0.2) is 0 Å². The van der Waals surface area contributed by atoms with Crippen molar-refractivity contribution in [3.05, 3.63) is 0 Å². The highest BCUT2D eigenvalue weighted by molar-refractivity contribution is 5.81. The lowest BCUT2D eigenvalue weighted by atomic mass is 10.3.